The van der Waals surface area contributed by atoms with Crippen LogP contribution in [0.5, 0.6) is 5.75 Å². The van der Waals surface area contributed by atoms with Gasteiger partial charge in [0.25, 0.3) is 0 Å². The van der Waals surface area contributed by atoms with Crippen molar-refractivity contribution in [3.63, 3.8) is 0 Å². The second-order valence-electron chi connectivity index (χ2n) is 21.6. The number of fused-ring (bicyclic) bond motifs is 2. The summed E-state index contributed by atoms with van der Waals surface area (Å²) in [5.41, 5.74) is 9.85. The molecule has 2 aromatic heterocycles. The lowest BCUT2D eigenvalue weighted by molar-refractivity contribution is -0.193. The van der Waals surface area contributed by atoms with E-state index in [-0.39, 0.29) is 37.3 Å². The first-order valence-corrected chi connectivity index (χ1v) is 27.5. The Bertz CT molecular complexity index is 2970. The number of para-hydroxylation sites is 1. The lowest BCUT2D eigenvalue weighted by Gasteiger charge is -2.24. The number of aryl methyl sites for hydroxylation is 3. The van der Waals surface area contributed by atoms with E-state index in [0.29, 0.717) is 43.2 Å². The Hall–Kier alpha value is -6.61. The molecule has 2 aliphatic carbocycles. The summed E-state index contributed by atoms with van der Waals surface area (Å²) in [6, 6.07) is 28.2. The molecule has 0 aliphatic heterocycles. The molecule has 2 aliphatic rings. The molecule has 0 spiro atoms. The number of benzene rings is 4. The number of aromatic nitrogens is 2. The molecule has 17 heteroatoms. The third-order valence-electron chi connectivity index (χ3n) is 13.4. The maximum absolute atomic E-state index is 12.3. The van der Waals surface area contributed by atoms with Crippen LogP contribution in [0.4, 0.5) is 4.79 Å². The highest BCUT2D eigenvalue weighted by atomic mass is 79.9. The monoisotopic (exact) mass is 1150 g/mol. The van der Waals surface area contributed by atoms with Gasteiger partial charge in [-0.3, -0.25) is 9.59 Å². The number of amides is 1. The minimum absolute atomic E-state index is 0. The first kappa shape index (κ1) is 66.7. The van der Waals surface area contributed by atoms with Crippen molar-refractivity contribution < 1.29 is 57.8 Å². The van der Waals surface area contributed by atoms with Gasteiger partial charge < -0.3 is 38.7 Å². The summed E-state index contributed by atoms with van der Waals surface area (Å²) < 4.78 is 22.7. The van der Waals surface area contributed by atoms with Crippen molar-refractivity contribution >= 4 is 81.0 Å². The zero-order valence-electron chi connectivity index (χ0n) is 46.7. The van der Waals surface area contributed by atoms with Gasteiger partial charge in [0, 0.05) is 59.0 Å². The van der Waals surface area contributed by atoms with E-state index in [4.69, 9.17) is 43.4 Å². The molecule has 0 bridgehead atoms. The Labute approximate surface area is 475 Å². The third-order valence-corrected chi connectivity index (χ3v) is 14.3. The largest absolute Gasteiger partial charge is 0.496 e. The van der Waals surface area contributed by atoms with Gasteiger partial charge in [0.15, 0.2) is 0 Å². The number of nitrogens with one attached hydrogen (secondary N) is 1. The highest BCUT2D eigenvalue weighted by molar-refractivity contribution is 9.10. The molecule has 0 saturated heterocycles. The van der Waals surface area contributed by atoms with Crippen LogP contribution in [-0.2, 0) is 46.5 Å². The van der Waals surface area contributed by atoms with E-state index < -0.39 is 18.3 Å². The Morgan fingerprint density at radius 3 is 1.71 bits per heavy atom. The molecule has 3 N–H and O–H groups in total. The maximum atomic E-state index is 12.3. The van der Waals surface area contributed by atoms with E-state index in [2.05, 4.69) is 92.8 Å². The fraction of sp³-hybridized carbons (Fsp3) is 0.468. The van der Waals surface area contributed by atoms with Crippen LogP contribution in [0.15, 0.2) is 89.5 Å². The number of hydrogen-bond acceptors (Lipinski definition) is 12. The third kappa shape index (κ3) is 19.9. The van der Waals surface area contributed by atoms with Crippen LogP contribution >= 0.6 is 15.9 Å². The number of ether oxygens (including phenoxy) is 3. The van der Waals surface area contributed by atoms with Crippen molar-refractivity contribution in [3.05, 3.63) is 117 Å². The normalized spacial score (nSPS) is 13.4. The summed E-state index contributed by atoms with van der Waals surface area (Å²) in [6.45, 7) is 17.6. The predicted molar refractivity (Wildman–Crippen MR) is 312 cm³/mol. The first-order chi connectivity index (χ1) is 37.1. The van der Waals surface area contributed by atoms with E-state index in [9.17, 15) is 14.4 Å². The van der Waals surface area contributed by atoms with E-state index in [0.717, 1.165) is 24.3 Å². The Morgan fingerprint density at radius 1 is 0.709 bits per heavy atom. The summed E-state index contributed by atoms with van der Waals surface area (Å²) in [5.74, 6) is 1.93. The predicted octanol–water partition coefficient (Wildman–Crippen LogP) is 12.7. The maximum Gasteiger partial charge on any atom is 0.489 e. The van der Waals surface area contributed by atoms with E-state index in [1.54, 1.807) is 19.2 Å². The summed E-state index contributed by atoms with van der Waals surface area (Å²) in [7, 11) is 0.164. The molecule has 0 unspecified atom stereocenters. The van der Waals surface area contributed by atoms with Crippen LogP contribution in [0.1, 0.15) is 170 Å². The van der Waals surface area contributed by atoms with Gasteiger partial charge in [-0.15, -0.1) is 0 Å². The summed E-state index contributed by atoms with van der Waals surface area (Å²) in [6.07, 6.45) is 14.8. The number of carbonyl (C=O) groups is 3. The zero-order chi connectivity index (χ0) is 57.6. The first-order valence-electron chi connectivity index (χ1n) is 26.7. The fourth-order valence-electron chi connectivity index (χ4n) is 10.3. The zero-order valence-corrected chi connectivity index (χ0v) is 48.3. The molecule has 6 aromatic rings. The topological polar surface area (TPSA) is 210 Å². The number of alkyl carbamates (subject to hydrolysis) is 1. The Kier molecular flexibility index (Phi) is 27.4. The molecule has 0 atom stereocenters. The van der Waals surface area contributed by atoms with Gasteiger partial charge in [-0.2, -0.15) is 19.2 Å². The van der Waals surface area contributed by atoms with Gasteiger partial charge in [0.1, 0.15) is 23.2 Å². The van der Waals surface area contributed by atoms with Gasteiger partial charge in [-0.25, -0.2) is 4.79 Å². The second-order valence-corrected chi connectivity index (χ2v) is 22.3. The molecule has 2 fully saturated rings. The molecule has 15 nitrogen and oxygen atoms in total. The SMILES string of the molecule is C.COc1ccccc1-c1c(C2CCCCC2)c2ccc(C)cc2n1CCNC(=O)OC(C)(C)C.Cc1ccc2c(C3CCCCC3)c(Br)n(CCCC(=O)OC(C)(C)C)c2c1.O=C=O.O=C=O.O=Cc1ccccc1B(O)O. The standard InChI is InChI=1S/C29H38N2O3.C23H32BrNO2.C7H7BO3.2CO2.CH4/c1-20-15-16-22-24(19-20)31(18-17-30-28(32)34-29(2,3)4)27(23-13-9-10-14-25(23)33-5)26(22)21-11-7-6-8-12-21;1-16-12-13-18-19(15-16)25(14-8-11-20(26)27-23(2,3)4)22(24)21(18)17-9-6-5-7-10-17;9-5-6-3-1-2-4-7(6)8(10)11;2*2-1-3;/h9-10,13-16,19,21H,6-8,11-12,17-18H2,1-5H3,(H,30,32);12-13,15,17H,5-11,14H2,1-4H3;1-5,10-11H;;;1H4. The highest BCUT2D eigenvalue weighted by Crippen LogP contribution is 2.47. The van der Waals surface area contributed by atoms with Gasteiger partial charge in [-0.05, 0) is 167 Å². The van der Waals surface area contributed by atoms with Gasteiger partial charge in [0.05, 0.1) is 17.4 Å². The Balaban J connectivity index is 0.000000323. The van der Waals surface area contributed by atoms with E-state index >= 15 is 0 Å². The van der Waals surface area contributed by atoms with Crippen molar-refractivity contribution in [2.75, 3.05) is 13.7 Å². The lowest BCUT2D eigenvalue weighted by atomic mass is 9.77. The summed E-state index contributed by atoms with van der Waals surface area (Å²) in [5, 5.41) is 23.1. The number of rotatable bonds is 13. The van der Waals surface area contributed by atoms with E-state index in [1.807, 2.05) is 53.7 Å². The highest BCUT2D eigenvalue weighted by Gasteiger charge is 2.29. The van der Waals surface area contributed by atoms with Crippen LogP contribution < -0.4 is 15.5 Å². The molecule has 1 amide bonds. The number of esters is 1. The molecule has 2 heterocycles. The minimum Gasteiger partial charge on any atom is -0.496 e. The van der Waals surface area contributed by atoms with Crippen molar-refractivity contribution in [2.45, 2.75) is 176 Å². The van der Waals surface area contributed by atoms with Gasteiger partial charge in [0.2, 0.25) is 0 Å². The summed E-state index contributed by atoms with van der Waals surface area (Å²) in [4.78, 5) is 67.2. The number of halogens is 1. The molecule has 4 aromatic carbocycles. The molecule has 0 radical (unpaired) electrons. The average molecular weight is 1150 g/mol. The number of hydrogen-bond donors (Lipinski definition) is 3. The molecule has 8 rings (SSSR count). The van der Waals surface area contributed by atoms with Crippen molar-refractivity contribution in [3.8, 4) is 17.0 Å². The number of carbonyl (C=O) groups excluding carboxylic acids is 7. The van der Waals surface area contributed by atoms with Crippen LogP contribution in [-0.4, -0.2) is 81.8 Å². The van der Waals surface area contributed by atoms with Gasteiger partial charge in [-0.1, -0.05) is 107 Å². The van der Waals surface area contributed by atoms with Crippen molar-refractivity contribution in [1.82, 2.24) is 14.5 Å². The van der Waals surface area contributed by atoms with Crippen LogP contribution in [0, 0.1) is 13.8 Å². The van der Waals surface area contributed by atoms with Crippen LogP contribution in [0.2, 0.25) is 0 Å². The molecular formula is C62H81BBrN3O12. The van der Waals surface area contributed by atoms with Crippen LogP contribution in [0.3, 0.4) is 0 Å². The fourth-order valence-corrected chi connectivity index (χ4v) is 11.2. The molecular weight excluding hydrogens is 1070 g/mol. The Morgan fingerprint density at radius 2 is 1.20 bits per heavy atom. The number of aldehydes is 1. The van der Waals surface area contributed by atoms with E-state index in [1.165, 1.54) is 131 Å². The summed E-state index contributed by atoms with van der Waals surface area (Å²) >= 11 is 3.92. The molecule has 2 saturated carbocycles. The van der Waals surface area contributed by atoms with Gasteiger partial charge >= 0.3 is 31.5 Å². The molecule has 79 heavy (non-hydrogen) atoms. The minimum atomic E-state index is -1.57. The number of nitrogens with zero attached hydrogens (tertiary/aromatic N) is 2. The molecule has 426 valence electrons. The quantitative estimate of drug-likeness (QED) is 0.0560. The lowest BCUT2D eigenvalue weighted by Crippen LogP contribution is -2.34. The average Bonchev–Trinajstić information content (AvgIpc) is 3.99. The van der Waals surface area contributed by atoms with Crippen molar-refractivity contribution in [1.29, 1.82) is 0 Å². The van der Waals surface area contributed by atoms with Crippen molar-refractivity contribution in [2.24, 2.45) is 0 Å². The second kappa shape index (κ2) is 32.5. The smallest absolute Gasteiger partial charge is 0.489 e. The number of methoxy groups -OCH3 is 1. The van der Waals surface area contributed by atoms with Crippen LogP contribution in [0.25, 0.3) is 33.1 Å².